The standard InChI is InChI=1S/C8H4BrFN2O2/c9-4-1-5(10)8-11-6(13)2-7(14)12(8)3-4/h1,3H,2H2. The smallest absolute Gasteiger partial charge is 0.257 e. The summed E-state index contributed by atoms with van der Waals surface area (Å²) in [7, 11) is 0. The molecule has 4 nitrogen and oxygen atoms in total. The molecule has 0 radical (unpaired) electrons. The maximum atomic E-state index is 13.2. The van der Waals surface area contributed by atoms with Crippen molar-refractivity contribution in [2.45, 2.75) is 6.42 Å². The second kappa shape index (κ2) is 3.13. The van der Waals surface area contributed by atoms with Gasteiger partial charge in [0.15, 0.2) is 11.7 Å². The van der Waals surface area contributed by atoms with Gasteiger partial charge in [-0.1, -0.05) is 0 Å². The van der Waals surface area contributed by atoms with E-state index in [-0.39, 0.29) is 12.3 Å². The molecular weight excluding hydrogens is 255 g/mol. The van der Waals surface area contributed by atoms with Crippen molar-refractivity contribution in [2.75, 3.05) is 0 Å². The van der Waals surface area contributed by atoms with E-state index >= 15 is 0 Å². The Labute approximate surface area is 86.9 Å². The molecule has 2 aliphatic rings. The third kappa shape index (κ3) is 1.41. The fraction of sp³-hybridized carbons (Fsp3) is 0.125. The van der Waals surface area contributed by atoms with Crippen LogP contribution in [0.4, 0.5) is 4.39 Å². The number of amides is 2. The van der Waals surface area contributed by atoms with Crippen LogP contribution in [-0.4, -0.2) is 22.5 Å². The highest BCUT2D eigenvalue weighted by Crippen LogP contribution is 2.24. The van der Waals surface area contributed by atoms with Gasteiger partial charge in [-0.25, -0.2) is 4.39 Å². The van der Waals surface area contributed by atoms with E-state index in [2.05, 4.69) is 20.9 Å². The van der Waals surface area contributed by atoms with Gasteiger partial charge in [0.2, 0.25) is 5.91 Å². The Bertz CT molecular complexity index is 425. The predicted molar refractivity (Wildman–Crippen MR) is 50.1 cm³/mol. The van der Waals surface area contributed by atoms with Crippen molar-refractivity contribution >= 4 is 33.6 Å². The Morgan fingerprint density at radius 2 is 2.21 bits per heavy atom. The number of rotatable bonds is 0. The Hall–Kier alpha value is -1.30. The molecule has 0 spiro atoms. The van der Waals surface area contributed by atoms with Gasteiger partial charge in [-0.3, -0.25) is 14.5 Å². The molecule has 0 saturated heterocycles. The fourth-order valence-corrected chi connectivity index (χ4v) is 1.60. The molecule has 0 saturated carbocycles. The van der Waals surface area contributed by atoms with Crippen LogP contribution in [0.3, 0.4) is 0 Å². The lowest BCUT2D eigenvalue weighted by Crippen LogP contribution is -2.39. The molecule has 0 unspecified atom stereocenters. The number of carbonyl (C=O) groups excluding carboxylic acids is 2. The highest BCUT2D eigenvalue weighted by atomic mass is 79.9. The first-order chi connectivity index (χ1) is 6.58. The van der Waals surface area contributed by atoms with Gasteiger partial charge in [-0.15, -0.1) is 0 Å². The second-order valence-corrected chi connectivity index (χ2v) is 3.69. The number of hydrogen-bond donors (Lipinski definition) is 0. The van der Waals surface area contributed by atoms with E-state index in [0.29, 0.717) is 4.48 Å². The molecule has 72 valence electrons. The predicted octanol–water partition coefficient (Wildman–Crippen LogP) is 1.25. The molecule has 0 aliphatic carbocycles. The molecule has 2 rings (SSSR count). The molecule has 2 amide bonds. The molecule has 14 heavy (non-hydrogen) atoms. The lowest BCUT2D eigenvalue weighted by Gasteiger charge is -2.24. The second-order valence-electron chi connectivity index (χ2n) is 2.78. The largest absolute Gasteiger partial charge is 0.273 e. The summed E-state index contributed by atoms with van der Waals surface area (Å²) in [6, 6.07) is 0. The Morgan fingerprint density at radius 3 is 2.93 bits per heavy atom. The van der Waals surface area contributed by atoms with E-state index in [9.17, 15) is 14.0 Å². The van der Waals surface area contributed by atoms with Crippen molar-refractivity contribution in [3.8, 4) is 0 Å². The molecule has 0 aromatic heterocycles. The minimum Gasteiger partial charge on any atom is -0.273 e. The summed E-state index contributed by atoms with van der Waals surface area (Å²) in [6.45, 7) is 0. The zero-order chi connectivity index (χ0) is 10.3. The van der Waals surface area contributed by atoms with Crippen LogP contribution in [0, 0.1) is 0 Å². The minimum absolute atomic E-state index is 0.227. The van der Waals surface area contributed by atoms with E-state index in [0.717, 1.165) is 11.0 Å². The number of halogens is 2. The summed E-state index contributed by atoms with van der Waals surface area (Å²) in [5.74, 6) is -2.01. The first kappa shape index (κ1) is 9.26. The van der Waals surface area contributed by atoms with E-state index in [1.807, 2.05) is 0 Å². The van der Waals surface area contributed by atoms with Gasteiger partial charge in [0.25, 0.3) is 5.91 Å². The van der Waals surface area contributed by atoms with Crippen LogP contribution in [0.2, 0.25) is 0 Å². The van der Waals surface area contributed by atoms with Crippen LogP contribution < -0.4 is 0 Å². The van der Waals surface area contributed by atoms with Gasteiger partial charge in [-0.2, -0.15) is 4.99 Å². The van der Waals surface area contributed by atoms with Crippen molar-refractivity contribution in [2.24, 2.45) is 4.99 Å². The van der Waals surface area contributed by atoms with E-state index < -0.39 is 17.6 Å². The van der Waals surface area contributed by atoms with Gasteiger partial charge < -0.3 is 0 Å². The third-order valence-corrected chi connectivity index (χ3v) is 2.19. The molecule has 0 fully saturated rings. The lowest BCUT2D eigenvalue weighted by molar-refractivity contribution is -0.131. The monoisotopic (exact) mass is 258 g/mol. The van der Waals surface area contributed by atoms with Crippen LogP contribution in [0.5, 0.6) is 0 Å². The molecule has 2 heterocycles. The van der Waals surface area contributed by atoms with Gasteiger partial charge in [0.05, 0.1) is 0 Å². The number of nitrogens with zero attached hydrogens (tertiary/aromatic N) is 2. The summed E-state index contributed by atoms with van der Waals surface area (Å²) < 4.78 is 13.7. The van der Waals surface area contributed by atoms with Crippen LogP contribution >= 0.6 is 15.9 Å². The summed E-state index contributed by atoms with van der Waals surface area (Å²) in [5.41, 5.74) is 0. The number of carbonyl (C=O) groups is 2. The fourth-order valence-electron chi connectivity index (χ4n) is 1.19. The Balaban J connectivity index is 2.51. The van der Waals surface area contributed by atoms with E-state index in [4.69, 9.17) is 0 Å². The minimum atomic E-state index is -0.694. The van der Waals surface area contributed by atoms with Gasteiger partial charge in [0, 0.05) is 10.7 Å². The first-order valence-electron chi connectivity index (χ1n) is 3.76. The molecular formula is C8H4BrFN2O2. The van der Waals surface area contributed by atoms with Crippen LogP contribution in [0.15, 0.2) is 27.6 Å². The topological polar surface area (TPSA) is 49.7 Å². The van der Waals surface area contributed by atoms with Crippen molar-refractivity contribution < 1.29 is 14.0 Å². The number of fused-ring (bicyclic) bond motifs is 1. The number of aliphatic imine (C=N–C) groups is 1. The zero-order valence-electron chi connectivity index (χ0n) is 6.83. The summed E-state index contributed by atoms with van der Waals surface area (Å²) in [5, 5.41) is 0. The summed E-state index contributed by atoms with van der Waals surface area (Å²) >= 11 is 3.04. The maximum Gasteiger partial charge on any atom is 0.257 e. The van der Waals surface area contributed by atoms with Gasteiger partial charge >= 0.3 is 0 Å². The molecule has 6 heteroatoms. The van der Waals surface area contributed by atoms with Crippen LogP contribution in [0.1, 0.15) is 6.42 Å². The van der Waals surface area contributed by atoms with E-state index in [1.54, 1.807) is 0 Å². The van der Waals surface area contributed by atoms with Crippen molar-refractivity contribution in [1.82, 2.24) is 4.90 Å². The number of allylic oxidation sites excluding steroid dienone is 2. The lowest BCUT2D eigenvalue weighted by atomic mass is 10.2. The molecule has 2 aliphatic heterocycles. The van der Waals surface area contributed by atoms with Crippen LogP contribution in [0.25, 0.3) is 0 Å². The summed E-state index contributed by atoms with van der Waals surface area (Å²) in [4.78, 5) is 26.7. The van der Waals surface area contributed by atoms with Crippen molar-refractivity contribution in [3.63, 3.8) is 0 Å². The van der Waals surface area contributed by atoms with Crippen LogP contribution in [-0.2, 0) is 9.59 Å². The number of amidine groups is 1. The molecule has 0 atom stereocenters. The zero-order valence-corrected chi connectivity index (χ0v) is 8.41. The highest BCUT2D eigenvalue weighted by molar-refractivity contribution is 9.11. The quantitative estimate of drug-likeness (QED) is 0.614. The SMILES string of the molecule is O=C1CC(=O)N2C=C(Br)C=C(F)C2=N1. The molecule has 0 aromatic carbocycles. The Morgan fingerprint density at radius 1 is 1.50 bits per heavy atom. The van der Waals surface area contributed by atoms with Crippen molar-refractivity contribution in [3.05, 3.63) is 22.6 Å². The average Bonchev–Trinajstić information content (AvgIpc) is 2.07. The third-order valence-electron chi connectivity index (χ3n) is 1.76. The molecule has 0 aromatic rings. The summed E-state index contributed by atoms with van der Waals surface area (Å²) in [6.07, 6.45) is 2.23. The number of hydrogen-bond acceptors (Lipinski definition) is 2. The van der Waals surface area contributed by atoms with Crippen molar-refractivity contribution in [1.29, 1.82) is 0 Å². The maximum absolute atomic E-state index is 13.2. The van der Waals surface area contributed by atoms with Gasteiger partial charge in [0.1, 0.15) is 6.42 Å². The highest BCUT2D eigenvalue weighted by Gasteiger charge is 2.31. The van der Waals surface area contributed by atoms with Gasteiger partial charge in [-0.05, 0) is 22.0 Å². The molecule has 0 N–H and O–H groups in total. The molecule has 0 bridgehead atoms. The van der Waals surface area contributed by atoms with E-state index in [1.165, 1.54) is 6.20 Å². The normalized spacial score (nSPS) is 21.3. The first-order valence-corrected chi connectivity index (χ1v) is 4.55. The average molecular weight is 259 g/mol. The Kier molecular flexibility index (Phi) is 2.07.